The van der Waals surface area contributed by atoms with Crippen LogP contribution in [0.5, 0.6) is 0 Å². The molecule has 0 saturated heterocycles. The number of aldehydes is 1. The van der Waals surface area contributed by atoms with E-state index >= 15 is 0 Å². The van der Waals surface area contributed by atoms with Gasteiger partial charge in [-0.25, -0.2) is 4.98 Å². The van der Waals surface area contributed by atoms with Crippen molar-refractivity contribution in [1.29, 1.82) is 5.26 Å². The molecule has 0 atom stereocenters. The molecule has 0 aliphatic heterocycles. The van der Waals surface area contributed by atoms with Crippen molar-refractivity contribution in [2.45, 2.75) is 0 Å². The molecule has 0 unspecified atom stereocenters. The van der Waals surface area contributed by atoms with Crippen molar-refractivity contribution in [2.75, 3.05) is 0 Å². The van der Waals surface area contributed by atoms with E-state index in [1.165, 1.54) is 0 Å². The average Bonchev–Trinajstić information content (AvgIpc) is 2.53. The fourth-order valence-corrected chi connectivity index (χ4v) is 2.44. The maximum Gasteiger partial charge on any atom is 0.151 e. The number of hydrogen-bond acceptors (Lipinski definition) is 3. The van der Waals surface area contributed by atoms with Gasteiger partial charge in [0.2, 0.25) is 0 Å². The Balaban J connectivity index is 2.26. The number of rotatable bonds is 2. The van der Waals surface area contributed by atoms with Gasteiger partial charge in [-0.2, -0.15) is 5.26 Å². The third-order valence-electron chi connectivity index (χ3n) is 3.27. The molecule has 4 heteroatoms. The van der Waals surface area contributed by atoms with E-state index in [0.29, 0.717) is 28.1 Å². The van der Waals surface area contributed by atoms with E-state index in [-0.39, 0.29) is 0 Å². The van der Waals surface area contributed by atoms with Gasteiger partial charge in [0.25, 0.3) is 0 Å². The molecule has 1 aromatic heterocycles. The van der Waals surface area contributed by atoms with Gasteiger partial charge in [0.05, 0.1) is 10.5 Å². The molecule has 0 aliphatic carbocycles. The lowest BCUT2D eigenvalue weighted by Crippen LogP contribution is -1.92. The molecule has 3 nitrogen and oxygen atoms in total. The number of hydrogen-bond donors (Lipinski definition) is 0. The van der Waals surface area contributed by atoms with E-state index in [1.54, 1.807) is 18.2 Å². The Morgan fingerprint density at radius 2 is 1.95 bits per heavy atom. The minimum absolute atomic E-state index is 0.337. The summed E-state index contributed by atoms with van der Waals surface area (Å²) in [7, 11) is 0. The Labute approximate surface area is 126 Å². The molecule has 0 amide bonds. The van der Waals surface area contributed by atoms with Crippen LogP contribution < -0.4 is 0 Å². The van der Waals surface area contributed by atoms with Crippen molar-refractivity contribution < 1.29 is 4.79 Å². The van der Waals surface area contributed by atoms with Gasteiger partial charge in [0.1, 0.15) is 11.8 Å². The fourth-order valence-electron chi connectivity index (χ4n) is 2.21. The first-order chi connectivity index (χ1) is 10.2. The Morgan fingerprint density at radius 1 is 1.14 bits per heavy atom. The molecule has 3 rings (SSSR count). The second kappa shape index (κ2) is 5.35. The van der Waals surface area contributed by atoms with E-state index < -0.39 is 0 Å². The molecule has 21 heavy (non-hydrogen) atoms. The fraction of sp³-hybridized carbons (Fsp3) is 0. The second-order valence-corrected chi connectivity index (χ2v) is 4.95. The van der Waals surface area contributed by atoms with Crippen molar-refractivity contribution in [2.24, 2.45) is 0 Å². The zero-order valence-corrected chi connectivity index (χ0v) is 11.6. The smallest absolute Gasteiger partial charge is 0.151 e. The van der Waals surface area contributed by atoms with Crippen LogP contribution >= 0.6 is 11.6 Å². The first kappa shape index (κ1) is 13.3. The Morgan fingerprint density at radius 3 is 2.67 bits per heavy atom. The van der Waals surface area contributed by atoms with Crippen molar-refractivity contribution in [3.8, 4) is 17.2 Å². The number of carbonyl (C=O) groups excluding carboxylic acids is 1. The third kappa shape index (κ3) is 2.37. The SMILES string of the molecule is N#Cc1nc2ccccc2cc1-c1ccc(C=O)c(Cl)c1. The Hall–Kier alpha value is -2.70. The zero-order chi connectivity index (χ0) is 14.8. The van der Waals surface area contributed by atoms with Crippen LogP contribution in [0.4, 0.5) is 0 Å². The monoisotopic (exact) mass is 292 g/mol. The van der Waals surface area contributed by atoms with E-state index in [4.69, 9.17) is 11.6 Å². The molecule has 0 saturated carbocycles. The van der Waals surface area contributed by atoms with Gasteiger partial charge in [-0.3, -0.25) is 4.79 Å². The number of carbonyl (C=O) groups is 1. The molecule has 0 N–H and O–H groups in total. The molecule has 0 bridgehead atoms. The number of pyridine rings is 1. The summed E-state index contributed by atoms with van der Waals surface area (Å²) in [5, 5.41) is 10.6. The lowest BCUT2D eigenvalue weighted by molar-refractivity contribution is 0.112. The quantitative estimate of drug-likeness (QED) is 0.664. The number of nitrogens with zero attached hydrogens (tertiary/aromatic N) is 2. The summed E-state index contributed by atoms with van der Waals surface area (Å²) in [6.45, 7) is 0. The lowest BCUT2D eigenvalue weighted by atomic mass is 10.0. The first-order valence-electron chi connectivity index (χ1n) is 6.28. The minimum Gasteiger partial charge on any atom is -0.298 e. The van der Waals surface area contributed by atoms with Gasteiger partial charge in [-0.1, -0.05) is 35.9 Å². The van der Waals surface area contributed by atoms with Crippen molar-refractivity contribution in [3.05, 3.63) is 64.8 Å². The highest BCUT2D eigenvalue weighted by molar-refractivity contribution is 6.33. The summed E-state index contributed by atoms with van der Waals surface area (Å²) in [6.07, 6.45) is 0.704. The van der Waals surface area contributed by atoms with Gasteiger partial charge >= 0.3 is 0 Å². The van der Waals surface area contributed by atoms with Crippen LogP contribution in [0.15, 0.2) is 48.5 Å². The highest BCUT2D eigenvalue weighted by atomic mass is 35.5. The molecule has 0 radical (unpaired) electrons. The summed E-state index contributed by atoms with van der Waals surface area (Å²) in [5.41, 5.74) is 3.00. The number of nitriles is 1. The summed E-state index contributed by atoms with van der Waals surface area (Å²) >= 11 is 6.06. The van der Waals surface area contributed by atoms with Crippen LogP contribution in [0, 0.1) is 11.3 Å². The summed E-state index contributed by atoms with van der Waals surface area (Å²) in [4.78, 5) is 15.2. The van der Waals surface area contributed by atoms with Crippen molar-refractivity contribution >= 4 is 28.8 Å². The van der Waals surface area contributed by atoms with Crippen molar-refractivity contribution in [3.63, 3.8) is 0 Å². The molecule has 0 spiro atoms. The topological polar surface area (TPSA) is 53.8 Å². The number of halogens is 1. The number of para-hydroxylation sites is 1. The zero-order valence-electron chi connectivity index (χ0n) is 10.9. The van der Waals surface area contributed by atoms with E-state index in [9.17, 15) is 10.1 Å². The predicted molar refractivity (Wildman–Crippen MR) is 82.3 cm³/mol. The molecule has 3 aromatic rings. The van der Waals surface area contributed by atoms with Crippen LogP contribution in [-0.2, 0) is 0 Å². The summed E-state index contributed by atoms with van der Waals surface area (Å²) < 4.78 is 0. The minimum atomic E-state index is 0.337. The Kier molecular flexibility index (Phi) is 3.39. The van der Waals surface area contributed by atoms with Crippen LogP contribution in [0.3, 0.4) is 0 Å². The van der Waals surface area contributed by atoms with Crippen LogP contribution in [0.1, 0.15) is 16.1 Å². The molecule has 100 valence electrons. The highest BCUT2D eigenvalue weighted by Crippen LogP contribution is 2.29. The summed E-state index contributed by atoms with van der Waals surface area (Å²) in [6, 6.07) is 16.7. The van der Waals surface area contributed by atoms with E-state index in [2.05, 4.69) is 11.1 Å². The summed E-state index contributed by atoms with van der Waals surface area (Å²) in [5.74, 6) is 0. The average molecular weight is 293 g/mol. The van der Waals surface area contributed by atoms with Gasteiger partial charge < -0.3 is 0 Å². The van der Waals surface area contributed by atoms with Crippen LogP contribution in [-0.4, -0.2) is 11.3 Å². The maximum atomic E-state index is 10.8. The number of fused-ring (bicyclic) bond motifs is 1. The van der Waals surface area contributed by atoms with Crippen LogP contribution in [0.2, 0.25) is 5.02 Å². The van der Waals surface area contributed by atoms with Gasteiger partial charge in [0.15, 0.2) is 6.29 Å². The number of aromatic nitrogens is 1. The molecular formula is C17H9ClN2O. The second-order valence-electron chi connectivity index (χ2n) is 4.54. The maximum absolute atomic E-state index is 10.8. The normalized spacial score (nSPS) is 10.3. The van der Waals surface area contributed by atoms with Crippen LogP contribution in [0.25, 0.3) is 22.0 Å². The van der Waals surface area contributed by atoms with Gasteiger partial charge in [-0.05, 0) is 29.8 Å². The molecular weight excluding hydrogens is 284 g/mol. The van der Waals surface area contributed by atoms with Crippen molar-refractivity contribution in [1.82, 2.24) is 4.98 Å². The largest absolute Gasteiger partial charge is 0.298 e. The first-order valence-corrected chi connectivity index (χ1v) is 6.65. The predicted octanol–water partition coefficient (Wildman–Crippen LogP) is 4.24. The number of benzene rings is 2. The molecule has 1 heterocycles. The lowest BCUT2D eigenvalue weighted by Gasteiger charge is -2.07. The molecule has 0 aliphatic rings. The third-order valence-corrected chi connectivity index (χ3v) is 3.60. The van der Waals surface area contributed by atoms with E-state index in [0.717, 1.165) is 16.5 Å². The van der Waals surface area contributed by atoms with Gasteiger partial charge in [-0.15, -0.1) is 0 Å². The highest BCUT2D eigenvalue weighted by Gasteiger charge is 2.10. The Bertz CT molecular complexity index is 897. The standard InChI is InChI=1S/C17H9ClN2O/c18-15-8-11(5-6-13(15)10-21)14-7-12-3-1-2-4-16(12)20-17(14)9-19/h1-8,10H. The van der Waals surface area contributed by atoms with Gasteiger partial charge in [0, 0.05) is 16.5 Å². The molecule has 0 fully saturated rings. The molecule has 2 aromatic carbocycles. The van der Waals surface area contributed by atoms with E-state index in [1.807, 2.05) is 30.3 Å².